The molecular weight excluding hydrogens is 434 g/mol. The zero-order chi connectivity index (χ0) is 23.7. The minimum atomic E-state index is -0.691. The highest BCUT2D eigenvalue weighted by Crippen LogP contribution is 2.44. The van der Waals surface area contributed by atoms with E-state index in [1.165, 1.54) is 16.2 Å². The number of aliphatic hydroxyl groups is 1. The Labute approximate surface area is 197 Å². The highest BCUT2D eigenvalue weighted by atomic mass is 32.1. The highest BCUT2D eigenvalue weighted by molar-refractivity contribution is 7.10. The van der Waals surface area contributed by atoms with Crippen LogP contribution >= 0.6 is 11.3 Å². The number of nitrogens with zero attached hydrogens (tertiary/aromatic N) is 1. The molecular formula is C27H27NO4S. The van der Waals surface area contributed by atoms with Gasteiger partial charge in [0.15, 0.2) is 0 Å². The quantitative estimate of drug-likeness (QED) is 0.277. The Hall–Kier alpha value is -3.38. The normalized spacial score (nSPS) is 17.7. The number of amides is 1. The molecule has 5 nitrogen and oxygen atoms in total. The first kappa shape index (κ1) is 22.8. The Morgan fingerprint density at radius 1 is 1.09 bits per heavy atom. The molecule has 33 heavy (non-hydrogen) atoms. The van der Waals surface area contributed by atoms with Gasteiger partial charge < -0.3 is 9.84 Å². The lowest BCUT2D eigenvalue weighted by atomic mass is 9.99. The van der Waals surface area contributed by atoms with Gasteiger partial charge in [-0.15, -0.1) is 11.3 Å². The lowest BCUT2D eigenvalue weighted by Gasteiger charge is -2.26. The summed E-state index contributed by atoms with van der Waals surface area (Å²) < 4.78 is 5.72. The van der Waals surface area contributed by atoms with Gasteiger partial charge in [-0.2, -0.15) is 0 Å². The minimum Gasteiger partial charge on any atom is -0.507 e. The van der Waals surface area contributed by atoms with Crippen molar-refractivity contribution in [1.29, 1.82) is 0 Å². The molecule has 0 radical (unpaired) electrons. The fraction of sp³-hybridized carbons (Fsp3) is 0.259. The standard InChI is InChI=1S/C27H27NO4S/c1-16(2)15-32-20-10-8-19(9-11-20)25(29)23-24(22-6-5-13-33-22)28(27(31)26(23)30)21-12-7-17(3)14-18(21)4/h5-14,16,24,29H,15H2,1-4H3/b25-23-. The maximum absolute atomic E-state index is 13.2. The van der Waals surface area contributed by atoms with E-state index in [1.54, 1.807) is 24.3 Å². The van der Waals surface area contributed by atoms with Gasteiger partial charge in [0.25, 0.3) is 11.7 Å². The van der Waals surface area contributed by atoms with Crippen molar-refractivity contribution in [3.05, 3.63) is 87.1 Å². The molecule has 1 aromatic heterocycles. The summed E-state index contributed by atoms with van der Waals surface area (Å²) in [5, 5.41) is 13.1. The average Bonchev–Trinajstić information content (AvgIpc) is 3.40. The van der Waals surface area contributed by atoms with E-state index in [9.17, 15) is 14.7 Å². The van der Waals surface area contributed by atoms with E-state index in [0.29, 0.717) is 29.5 Å². The molecule has 1 atom stereocenters. The second-order valence-corrected chi connectivity index (χ2v) is 9.68. The number of carbonyl (C=O) groups excluding carboxylic acids is 2. The number of aliphatic hydroxyl groups excluding tert-OH is 1. The van der Waals surface area contributed by atoms with E-state index in [1.807, 2.05) is 49.6 Å². The third-order valence-corrected chi connectivity index (χ3v) is 6.50. The number of aryl methyl sites for hydroxylation is 2. The maximum atomic E-state index is 13.2. The van der Waals surface area contributed by atoms with Crippen molar-refractivity contribution in [2.75, 3.05) is 11.5 Å². The van der Waals surface area contributed by atoms with E-state index >= 15 is 0 Å². The molecule has 2 heterocycles. The summed E-state index contributed by atoms with van der Waals surface area (Å²) in [6.45, 7) is 8.63. The molecule has 1 N–H and O–H groups in total. The summed E-state index contributed by atoms with van der Waals surface area (Å²) in [5.74, 6) is -0.435. The first-order valence-electron chi connectivity index (χ1n) is 10.9. The smallest absolute Gasteiger partial charge is 0.300 e. The van der Waals surface area contributed by atoms with Gasteiger partial charge in [-0.05, 0) is 67.1 Å². The number of carbonyl (C=O) groups is 2. The predicted octanol–water partition coefficient (Wildman–Crippen LogP) is 6.03. The van der Waals surface area contributed by atoms with Crippen LogP contribution in [0.5, 0.6) is 5.75 Å². The molecule has 6 heteroatoms. The van der Waals surface area contributed by atoms with Crippen LogP contribution in [0.2, 0.25) is 0 Å². The Kier molecular flexibility index (Phi) is 6.38. The first-order valence-corrected chi connectivity index (χ1v) is 11.8. The summed E-state index contributed by atoms with van der Waals surface area (Å²) in [6, 6.07) is 15.8. The summed E-state index contributed by atoms with van der Waals surface area (Å²) in [6.07, 6.45) is 0. The van der Waals surface area contributed by atoms with Gasteiger partial charge in [-0.25, -0.2) is 0 Å². The van der Waals surface area contributed by atoms with Gasteiger partial charge in [0.1, 0.15) is 17.6 Å². The average molecular weight is 462 g/mol. The molecule has 0 saturated carbocycles. The van der Waals surface area contributed by atoms with Gasteiger partial charge in [-0.3, -0.25) is 14.5 Å². The monoisotopic (exact) mass is 461 g/mol. The summed E-state index contributed by atoms with van der Waals surface area (Å²) in [4.78, 5) is 28.7. The second-order valence-electron chi connectivity index (χ2n) is 8.70. The molecule has 1 fully saturated rings. The largest absolute Gasteiger partial charge is 0.507 e. The number of ether oxygens (including phenoxy) is 1. The third-order valence-electron chi connectivity index (χ3n) is 5.58. The molecule has 0 spiro atoms. The molecule has 170 valence electrons. The number of rotatable bonds is 6. The number of ketones is 1. The van der Waals surface area contributed by atoms with Crippen LogP contribution in [0, 0.1) is 19.8 Å². The second kappa shape index (κ2) is 9.24. The topological polar surface area (TPSA) is 66.8 Å². The summed E-state index contributed by atoms with van der Waals surface area (Å²) >= 11 is 1.45. The molecule has 4 rings (SSSR count). The van der Waals surface area contributed by atoms with Crippen LogP contribution in [0.3, 0.4) is 0 Å². The van der Waals surface area contributed by atoms with E-state index in [0.717, 1.165) is 16.0 Å². The van der Waals surface area contributed by atoms with Crippen LogP contribution in [0.4, 0.5) is 5.69 Å². The molecule has 1 aliphatic heterocycles. The molecule has 1 unspecified atom stereocenters. The number of Topliss-reactive ketones (excluding diaryl/α,β-unsaturated/α-hetero) is 1. The van der Waals surface area contributed by atoms with Crippen molar-refractivity contribution in [3.63, 3.8) is 0 Å². The highest BCUT2D eigenvalue weighted by Gasteiger charge is 2.47. The Morgan fingerprint density at radius 2 is 1.82 bits per heavy atom. The van der Waals surface area contributed by atoms with Crippen molar-refractivity contribution in [2.24, 2.45) is 5.92 Å². The van der Waals surface area contributed by atoms with Crippen LogP contribution < -0.4 is 9.64 Å². The van der Waals surface area contributed by atoms with Crippen molar-refractivity contribution in [3.8, 4) is 5.75 Å². The Balaban J connectivity index is 1.80. The zero-order valence-electron chi connectivity index (χ0n) is 19.2. The third kappa shape index (κ3) is 4.44. The van der Waals surface area contributed by atoms with E-state index in [-0.39, 0.29) is 11.3 Å². The fourth-order valence-electron chi connectivity index (χ4n) is 4.00. The number of anilines is 1. The Bertz CT molecular complexity index is 1210. The van der Waals surface area contributed by atoms with Crippen molar-refractivity contribution >= 4 is 34.5 Å². The number of thiophene rings is 1. The minimum absolute atomic E-state index is 0.0956. The molecule has 3 aromatic rings. The lowest BCUT2D eigenvalue weighted by Crippen LogP contribution is -2.29. The van der Waals surface area contributed by atoms with Gasteiger partial charge in [0.2, 0.25) is 0 Å². The fourth-order valence-corrected chi connectivity index (χ4v) is 4.82. The van der Waals surface area contributed by atoms with Crippen molar-refractivity contribution in [2.45, 2.75) is 33.7 Å². The van der Waals surface area contributed by atoms with E-state index in [2.05, 4.69) is 13.8 Å². The Morgan fingerprint density at radius 3 is 2.42 bits per heavy atom. The van der Waals surface area contributed by atoms with Gasteiger partial charge >= 0.3 is 0 Å². The van der Waals surface area contributed by atoms with Crippen LogP contribution in [0.1, 0.15) is 41.5 Å². The zero-order valence-corrected chi connectivity index (χ0v) is 20.0. The maximum Gasteiger partial charge on any atom is 0.300 e. The number of benzene rings is 2. The van der Waals surface area contributed by atoms with Crippen LogP contribution in [0.25, 0.3) is 5.76 Å². The summed E-state index contributed by atoms with van der Waals surface area (Å²) in [5.41, 5.74) is 3.19. The van der Waals surface area contributed by atoms with Gasteiger partial charge in [0, 0.05) is 16.1 Å². The molecule has 1 amide bonds. The van der Waals surface area contributed by atoms with Crippen LogP contribution in [0.15, 0.2) is 65.6 Å². The van der Waals surface area contributed by atoms with Gasteiger partial charge in [-0.1, -0.05) is 37.6 Å². The van der Waals surface area contributed by atoms with Crippen molar-refractivity contribution < 1.29 is 19.4 Å². The molecule has 1 saturated heterocycles. The molecule has 2 aromatic carbocycles. The van der Waals surface area contributed by atoms with Crippen LogP contribution in [-0.2, 0) is 9.59 Å². The lowest BCUT2D eigenvalue weighted by molar-refractivity contribution is -0.132. The number of hydrogen-bond donors (Lipinski definition) is 1. The number of hydrogen-bond acceptors (Lipinski definition) is 5. The molecule has 1 aliphatic rings. The predicted molar refractivity (Wildman–Crippen MR) is 132 cm³/mol. The first-order chi connectivity index (χ1) is 15.8. The molecule has 0 bridgehead atoms. The van der Waals surface area contributed by atoms with E-state index in [4.69, 9.17) is 4.74 Å². The van der Waals surface area contributed by atoms with Gasteiger partial charge in [0.05, 0.1) is 12.2 Å². The SMILES string of the molecule is Cc1ccc(N2C(=O)C(=O)/C(=C(\O)c3ccc(OCC(C)C)cc3)C2c2cccs2)c(C)c1. The van der Waals surface area contributed by atoms with Crippen LogP contribution in [-0.4, -0.2) is 23.4 Å². The van der Waals surface area contributed by atoms with E-state index < -0.39 is 17.7 Å². The molecule has 0 aliphatic carbocycles. The van der Waals surface area contributed by atoms with Crippen molar-refractivity contribution in [1.82, 2.24) is 0 Å². The summed E-state index contributed by atoms with van der Waals surface area (Å²) in [7, 11) is 0.